The van der Waals surface area contributed by atoms with E-state index in [4.69, 9.17) is 0 Å². The van der Waals surface area contributed by atoms with Gasteiger partial charge in [-0.3, -0.25) is 0 Å². The van der Waals surface area contributed by atoms with E-state index in [0.717, 1.165) is 20.8 Å². The van der Waals surface area contributed by atoms with E-state index in [1.807, 2.05) is 0 Å². The second kappa shape index (κ2) is 2.07. The van der Waals surface area contributed by atoms with E-state index in [9.17, 15) is 0 Å². The molecule has 0 aromatic carbocycles. The molecule has 4 bridgehead atoms. The monoisotopic (exact) mass is 212 g/mol. The predicted octanol–water partition coefficient (Wildman–Crippen LogP) is 1.74. The van der Waals surface area contributed by atoms with Gasteiger partial charge in [0.05, 0.1) is 0 Å². The van der Waals surface area contributed by atoms with Crippen LogP contribution in [0, 0.1) is 17.8 Å². The first-order valence-electron chi connectivity index (χ1n) is 5.23. The van der Waals surface area contributed by atoms with Crippen LogP contribution in [0.5, 0.6) is 0 Å². The van der Waals surface area contributed by atoms with Gasteiger partial charge in [0, 0.05) is 0 Å². The van der Waals surface area contributed by atoms with Crippen molar-refractivity contribution >= 4 is 16.5 Å². The van der Waals surface area contributed by atoms with Crippen LogP contribution >= 0.6 is 0 Å². The zero-order valence-corrected chi connectivity index (χ0v) is 11.7. The summed E-state index contributed by atoms with van der Waals surface area (Å²) in [5, 5.41) is 0. The van der Waals surface area contributed by atoms with Gasteiger partial charge in [-0.05, 0) is 0 Å². The van der Waals surface area contributed by atoms with Crippen LogP contribution in [-0.2, 0) is 0 Å². The van der Waals surface area contributed by atoms with E-state index < -0.39 is 0 Å². The van der Waals surface area contributed by atoms with Crippen LogP contribution in [0.3, 0.4) is 0 Å². The molecule has 0 N–H and O–H groups in total. The molecule has 4 saturated carbocycles. The van der Waals surface area contributed by atoms with Crippen molar-refractivity contribution in [3.63, 3.8) is 0 Å². The van der Waals surface area contributed by atoms with Crippen LogP contribution in [0.2, 0.25) is 4.25 Å². The SMILES string of the molecule is [GeH3][C]12CC3CC(CC(C3)C1)C2. The summed E-state index contributed by atoms with van der Waals surface area (Å²) in [5.41, 5.74) is 0. The molecular weight excluding hydrogens is 193 g/mol. The maximum atomic E-state index is 1.65. The van der Waals surface area contributed by atoms with Crippen molar-refractivity contribution in [3.8, 4) is 0 Å². The Hall–Kier alpha value is 0.543. The minimum atomic E-state index is 0.988. The molecule has 4 fully saturated rings. The molecule has 4 rings (SSSR count). The minimum absolute atomic E-state index is 0.988. The van der Waals surface area contributed by atoms with E-state index in [1.165, 1.54) is 17.8 Å². The van der Waals surface area contributed by atoms with Gasteiger partial charge < -0.3 is 0 Å². The predicted molar refractivity (Wildman–Crippen MR) is 50.8 cm³/mol. The van der Waals surface area contributed by atoms with Gasteiger partial charge in [-0.25, -0.2) is 0 Å². The summed E-state index contributed by atoms with van der Waals surface area (Å²) in [7, 11) is 0. The molecule has 11 heavy (non-hydrogen) atoms. The fourth-order valence-electron chi connectivity index (χ4n) is 4.54. The molecule has 0 aromatic rings. The standard InChI is InChI=1S/C10H18Ge/c11-10-4-7-1-8(5-10)3-9(2-7)6-10/h7-9H,1-6H2,11H3. The van der Waals surface area contributed by atoms with Crippen molar-refractivity contribution in [1.29, 1.82) is 0 Å². The third kappa shape index (κ3) is 1.01. The van der Waals surface area contributed by atoms with Gasteiger partial charge in [0.25, 0.3) is 0 Å². The van der Waals surface area contributed by atoms with Gasteiger partial charge in [0.1, 0.15) is 0 Å². The summed E-state index contributed by atoms with van der Waals surface area (Å²) in [6, 6.07) is 0. The Labute approximate surface area is 77.4 Å². The fraction of sp³-hybridized carbons (Fsp3) is 1.00. The van der Waals surface area contributed by atoms with Crippen LogP contribution in [0.1, 0.15) is 38.5 Å². The van der Waals surface area contributed by atoms with Gasteiger partial charge in [-0.2, -0.15) is 0 Å². The summed E-state index contributed by atoms with van der Waals surface area (Å²) in [5.74, 6) is 3.57. The first kappa shape index (κ1) is 7.00. The Kier molecular flexibility index (Phi) is 1.32. The molecule has 0 spiro atoms. The topological polar surface area (TPSA) is 0 Å². The second-order valence-corrected chi connectivity index (χ2v) is 10.2. The Morgan fingerprint density at radius 1 is 0.818 bits per heavy atom. The molecule has 62 valence electrons. The van der Waals surface area contributed by atoms with Crippen LogP contribution in [0.4, 0.5) is 0 Å². The molecule has 4 aliphatic rings. The summed E-state index contributed by atoms with van der Waals surface area (Å²) in [6.45, 7) is 0. The quantitative estimate of drug-likeness (QED) is 0.535. The van der Waals surface area contributed by atoms with E-state index >= 15 is 0 Å². The Morgan fingerprint density at radius 2 is 1.18 bits per heavy atom. The van der Waals surface area contributed by atoms with Crippen LogP contribution in [-0.4, -0.2) is 16.5 Å². The molecule has 0 atom stereocenters. The van der Waals surface area contributed by atoms with Gasteiger partial charge >= 0.3 is 77.0 Å². The van der Waals surface area contributed by atoms with E-state index in [2.05, 4.69) is 0 Å². The van der Waals surface area contributed by atoms with E-state index in [1.54, 1.807) is 38.5 Å². The van der Waals surface area contributed by atoms with Gasteiger partial charge in [-0.15, -0.1) is 0 Å². The average Bonchev–Trinajstić information content (AvgIpc) is 1.79. The third-order valence-electron chi connectivity index (χ3n) is 4.34. The van der Waals surface area contributed by atoms with Crippen molar-refractivity contribution in [2.24, 2.45) is 17.8 Å². The average molecular weight is 211 g/mol. The van der Waals surface area contributed by atoms with E-state index in [0.29, 0.717) is 0 Å². The van der Waals surface area contributed by atoms with Crippen molar-refractivity contribution in [2.75, 3.05) is 0 Å². The van der Waals surface area contributed by atoms with Crippen LogP contribution in [0.15, 0.2) is 0 Å². The molecule has 0 nitrogen and oxygen atoms in total. The number of rotatable bonds is 0. The second-order valence-electron chi connectivity index (χ2n) is 5.73. The van der Waals surface area contributed by atoms with Gasteiger partial charge in [0.15, 0.2) is 0 Å². The summed E-state index contributed by atoms with van der Waals surface area (Å²) in [4.78, 5) is 0. The first-order chi connectivity index (χ1) is 5.23. The molecule has 0 saturated heterocycles. The molecule has 0 unspecified atom stereocenters. The normalized spacial score (nSPS) is 60.5. The number of hydrogen-bond acceptors (Lipinski definition) is 0. The molecular formula is C10H18Ge. The molecule has 0 amide bonds. The molecule has 4 aliphatic carbocycles. The van der Waals surface area contributed by atoms with Gasteiger partial charge in [-0.1, -0.05) is 0 Å². The Balaban J connectivity index is 1.94. The van der Waals surface area contributed by atoms with Crippen LogP contribution in [0.25, 0.3) is 0 Å². The Morgan fingerprint density at radius 3 is 1.45 bits per heavy atom. The zero-order chi connectivity index (χ0) is 7.47. The summed E-state index contributed by atoms with van der Waals surface area (Å²) in [6.07, 6.45) is 9.82. The fourth-order valence-corrected chi connectivity index (χ4v) is 8.18. The van der Waals surface area contributed by atoms with Crippen molar-refractivity contribution in [2.45, 2.75) is 42.8 Å². The summed E-state index contributed by atoms with van der Waals surface area (Å²) >= 11 is 1.12. The van der Waals surface area contributed by atoms with E-state index in [-0.39, 0.29) is 0 Å². The molecule has 0 heterocycles. The maximum absolute atomic E-state index is 1.65. The summed E-state index contributed by atoms with van der Waals surface area (Å²) < 4.78 is 0.988. The molecule has 0 aromatic heterocycles. The number of hydrogen-bond donors (Lipinski definition) is 0. The third-order valence-corrected chi connectivity index (χ3v) is 6.91. The van der Waals surface area contributed by atoms with Crippen molar-refractivity contribution in [3.05, 3.63) is 0 Å². The van der Waals surface area contributed by atoms with Gasteiger partial charge in [0.2, 0.25) is 0 Å². The van der Waals surface area contributed by atoms with Crippen LogP contribution < -0.4 is 0 Å². The molecule has 0 radical (unpaired) electrons. The van der Waals surface area contributed by atoms with Crippen molar-refractivity contribution < 1.29 is 0 Å². The first-order valence-corrected chi connectivity index (χ1v) is 7.33. The van der Waals surface area contributed by atoms with Crippen molar-refractivity contribution in [1.82, 2.24) is 0 Å². The molecule has 0 aliphatic heterocycles. The zero-order valence-electron chi connectivity index (χ0n) is 7.47. The molecule has 1 heteroatoms. The Bertz CT molecular complexity index is 150.